The minimum atomic E-state index is 0.331. The van der Waals surface area contributed by atoms with Gasteiger partial charge in [0, 0.05) is 17.9 Å². The van der Waals surface area contributed by atoms with Gasteiger partial charge in [0.05, 0.1) is 6.54 Å². The number of benzene rings is 1. The van der Waals surface area contributed by atoms with Crippen LogP contribution in [0.2, 0.25) is 0 Å². The van der Waals surface area contributed by atoms with Gasteiger partial charge in [-0.1, -0.05) is 36.7 Å². The van der Waals surface area contributed by atoms with E-state index in [1.165, 1.54) is 0 Å². The van der Waals surface area contributed by atoms with Crippen LogP contribution in [0.1, 0.15) is 62.6 Å². The number of piperidine rings is 1. The molecule has 2 fully saturated rings. The molecule has 1 aliphatic carbocycles. The first-order valence-corrected chi connectivity index (χ1v) is 10.7. The van der Waals surface area contributed by atoms with Crippen LogP contribution in [-0.4, -0.2) is 38.3 Å². The van der Waals surface area contributed by atoms with Crippen LogP contribution >= 0.6 is 0 Å². The van der Waals surface area contributed by atoms with Gasteiger partial charge in [0.2, 0.25) is 17.7 Å². The van der Waals surface area contributed by atoms with Gasteiger partial charge in [-0.25, -0.2) is 0 Å². The van der Waals surface area contributed by atoms with Gasteiger partial charge >= 0.3 is 0 Å². The van der Waals surface area contributed by atoms with E-state index in [4.69, 9.17) is 8.94 Å². The highest BCUT2D eigenvalue weighted by Gasteiger charge is 2.58. The standard InChI is InChI=1S/C22H27N5O2/c1-2-3-9-18-23-19(29-26-18)15-27-12-10-22(11-13-27)14-17(22)21-25-24-20(28-21)16-7-5-4-6-8-16/h4-8,17H,2-3,9-15H2,1H3/t17-/m0/s1. The van der Waals surface area contributed by atoms with Crippen LogP contribution < -0.4 is 0 Å². The van der Waals surface area contributed by atoms with Gasteiger partial charge in [0.25, 0.3) is 0 Å². The summed E-state index contributed by atoms with van der Waals surface area (Å²) in [5, 5.41) is 12.7. The van der Waals surface area contributed by atoms with E-state index in [9.17, 15) is 0 Å². The van der Waals surface area contributed by atoms with Gasteiger partial charge in [-0.3, -0.25) is 4.90 Å². The van der Waals surface area contributed by atoms with E-state index in [0.29, 0.717) is 17.2 Å². The van der Waals surface area contributed by atoms with Crippen molar-refractivity contribution >= 4 is 0 Å². The molecule has 7 heteroatoms. The normalized spacial score (nSPS) is 20.9. The number of nitrogens with zero attached hydrogens (tertiary/aromatic N) is 5. The Balaban J connectivity index is 1.16. The second kappa shape index (κ2) is 7.71. The van der Waals surface area contributed by atoms with E-state index < -0.39 is 0 Å². The number of rotatable bonds is 7. The average Bonchev–Trinajstić information content (AvgIpc) is 3.12. The van der Waals surface area contributed by atoms with Gasteiger partial charge in [0.15, 0.2) is 5.82 Å². The zero-order valence-corrected chi connectivity index (χ0v) is 16.9. The number of hydrogen-bond donors (Lipinski definition) is 0. The van der Waals surface area contributed by atoms with Gasteiger partial charge in [-0.2, -0.15) is 4.98 Å². The first-order chi connectivity index (χ1) is 14.3. The zero-order chi connectivity index (χ0) is 19.7. The van der Waals surface area contributed by atoms with Gasteiger partial charge in [-0.15, -0.1) is 10.2 Å². The first kappa shape index (κ1) is 18.5. The molecule has 0 radical (unpaired) electrons. The van der Waals surface area contributed by atoms with Crippen molar-refractivity contribution in [1.29, 1.82) is 0 Å². The summed E-state index contributed by atoms with van der Waals surface area (Å²) in [5.41, 5.74) is 1.31. The third-order valence-electron chi connectivity index (χ3n) is 6.42. The minimum Gasteiger partial charge on any atom is -0.420 e. The first-order valence-electron chi connectivity index (χ1n) is 10.7. The van der Waals surface area contributed by atoms with Crippen LogP contribution in [0.5, 0.6) is 0 Å². The van der Waals surface area contributed by atoms with Gasteiger partial charge in [-0.05, 0) is 56.3 Å². The smallest absolute Gasteiger partial charge is 0.247 e. The largest absolute Gasteiger partial charge is 0.420 e. The van der Waals surface area contributed by atoms with Crippen molar-refractivity contribution in [2.75, 3.05) is 13.1 Å². The second-order valence-electron chi connectivity index (χ2n) is 8.41. The number of likely N-dealkylation sites (tertiary alicyclic amines) is 1. The minimum absolute atomic E-state index is 0.331. The lowest BCUT2D eigenvalue weighted by atomic mass is 9.91. The fraction of sp³-hybridized carbons (Fsp3) is 0.545. The molecule has 7 nitrogen and oxygen atoms in total. The van der Waals surface area contributed by atoms with Gasteiger partial charge < -0.3 is 8.94 Å². The summed E-state index contributed by atoms with van der Waals surface area (Å²) in [6, 6.07) is 9.98. The predicted molar refractivity (Wildman–Crippen MR) is 107 cm³/mol. The van der Waals surface area contributed by atoms with Crippen molar-refractivity contribution in [1.82, 2.24) is 25.2 Å². The third-order valence-corrected chi connectivity index (χ3v) is 6.42. The highest BCUT2D eigenvalue weighted by atomic mass is 16.5. The third kappa shape index (κ3) is 3.83. The molecule has 2 aromatic heterocycles. The Morgan fingerprint density at radius 2 is 1.97 bits per heavy atom. The summed E-state index contributed by atoms with van der Waals surface area (Å²) in [6.07, 6.45) is 6.61. The highest BCUT2D eigenvalue weighted by Crippen LogP contribution is 2.64. The Bertz CT molecular complexity index is 943. The van der Waals surface area contributed by atoms with Crippen LogP contribution in [0.15, 0.2) is 39.3 Å². The maximum Gasteiger partial charge on any atom is 0.247 e. The topological polar surface area (TPSA) is 81.1 Å². The van der Waals surface area contributed by atoms with Crippen LogP contribution in [0.25, 0.3) is 11.5 Å². The highest BCUT2D eigenvalue weighted by molar-refractivity contribution is 5.51. The maximum absolute atomic E-state index is 6.01. The summed E-state index contributed by atoms with van der Waals surface area (Å²) >= 11 is 0. The Kier molecular flexibility index (Phi) is 4.91. The van der Waals surface area contributed by atoms with Crippen molar-refractivity contribution in [3.63, 3.8) is 0 Å². The molecule has 3 aromatic rings. The molecule has 0 amide bonds. The van der Waals surface area contributed by atoms with Crippen molar-refractivity contribution < 1.29 is 8.94 Å². The Morgan fingerprint density at radius 3 is 2.76 bits per heavy atom. The maximum atomic E-state index is 6.01. The molecule has 1 aromatic carbocycles. The number of unbranched alkanes of at least 4 members (excludes halogenated alkanes) is 1. The average molecular weight is 393 g/mol. The molecule has 29 heavy (non-hydrogen) atoms. The molecule has 1 saturated heterocycles. The molecule has 1 spiro atoms. The summed E-state index contributed by atoms with van der Waals surface area (Å²) in [5.74, 6) is 3.40. The zero-order valence-electron chi connectivity index (χ0n) is 16.9. The lowest BCUT2D eigenvalue weighted by Crippen LogP contribution is -2.34. The molecule has 0 unspecified atom stereocenters. The fourth-order valence-corrected chi connectivity index (χ4v) is 4.46. The molecule has 0 N–H and O–H groups in total. The van der Waals surface area contributed by atoms with E-state index in [-0.39, 0.29) is 0 Å². The molecule has 1 saturated carbocycles. The van der Waals surface area contributed by atoms with Crippen LogP contribution in [-0.2, 0) is 13.0 Å². The summed E-state index contributed by atoms with van der Waals surface area (Å²) in [4.78, 5) is 6.95. The van der Waals surface area contributed by atoms with E-state index >= 15 is 0 Å². The molecule has 152 valence electrons. The molecule has 2 aliphatic rings. The molecule has 1 atom stereocenters. The van der Waals surface area contributed by atoms with Crippen molar-refractivity contribution in [3.8, 4) is 11.5 Å². The summed E-state index contributed by atoms with van der Waals surface area (Å²) in [6.45, 7) is 5.01. The lowest BCUT2D eigenvalue weighted by Gasteiger charge is -2.31. The Labute approximate surface area is 170 Å². The SMILES string of the molecule is CCCCc1noc(CN2CCC3(CC2)C[C@H]3c2nnc(-c3ccccc3)o2)n1. The van der Waals surface area contributed by atoms with Crippen LogP contribution in [0.4, 0.5) is 0 Å². The fourth-order valence-electron chi connectivity index (χ4n) is 4.46. The number of aromatic nitrogens is 4. The van der Waals surface area contributed by atoms with E-state index in [1.54, 1.807) is 0 Å². The van der Waals surface area contributed by atoms with E-state index in [1.807, 2.05) is 30.3 Å². The van der Waals surface area contributed by atoms with E-state index in [2.05, 4.69) is 32.2 Å². The van der Waals surface area contributed by atoms with Gasteiger partial charge in [0.1, 0.15) is 0 Å². The second-order valence-corrected chi connectivity index (χ2v) is 8.41. The molecular formula is C22H27N5O2. The number of aryl methyl sites for hydroxylation is 1. The van der Waals surface area contributed by atoms with Crippen LogP contribution in [0, 0.1) is 5.41 Å². The van der Waals surface area contributed by atoms with Crippen molar-refractivity contribution in [2.45, 2.75) is 57.9 Å². The number of hydrogen-bond acceptors (Lipinski definition) is 7. The quantitative estimate of drug-likeness (QED) is 0.594. The Morgan fingerprint density at radius 1 is 1.14 bits per heavy atom. The molecule has 1 aliphatic heterocycles. The molecular weight excluding hydrogens is 366 g/mol. The predicted octanol–water partition coefficient (Wildman–Crippen LogP) is 4.23. The van der Waals surface area contributed by atoms with Crippen molar-refractivity contribution in [3.05, 3.63) is 47.9 Å². The molecule has 0 bridgehead atoms. The van der Waals surface area contributed by atoms with E-state index in [0.717, 1.165) is 81.3 Å². The summed E-state index contributed by atoms with van der Waals surface area (Å²) in [7, 11) is 0. The summed E-state index contributed by atoms with van der Waals surface area (Å²) < 4.78 is 11.4. The molecule has 3 heterocycles. The van der Waals surface area contributed by atoms with Crippen LogP contribution in [0.3, 0.4) is 0 Å². The Hall–Kier alpha value is -2.54. The lowest BCUT2D eigenvalue weighted by molar-refractivity contribution is 0.144. The molecule has 5 rings (SSSR count). The monoisotopic (exact) mass is 393 g/mol. The van der Waals surface area contributed by atoms with Crippen molar-refractivity contribution in [2.24, 2.45) is 5.41 Å².